The highest BCUT2D eigenvalue weighted by molar-refractivity contribution is 6.00. The fourth-order valence-corrected chi connectivity index (χ4v) is 4.30. The highest BCUT2D eigenvalue weighted by Gasteiger charge is 2.51. The predicted molar refractivity (Wildman–Crippen MR) is 111 cm³/mol. The Balaban J connectivity index is 1.56. The maximum atomic E-state index is 13.2. The van der Waals surface area contributed by atoms with Crippen molar-refractivity contribution < 1.29 is 32.5 Å². The zero-order valence-corrected chi connectivity index (χ0v) is 18.4. The summed E-state index contributed by atoms with van der Waals surface area (Å²) in [5, 5.41) is 10.9. The van der Waals surface area contributed by atoms with Gasteiger partial charge < -0.3 is 19.5 Å². The lowest BCUT2D eigenvalue weighted by atomic mass is 9.68. The second kappa shape index (κ2) is 8.62. The van der Waals surface area contributed by atoms with E-state index in [0.29, 0.717) is 50.9 Å². The predicted octanol–water partition coefficient (Wildman–Crippen LogP) is 4.72. The number of carbonyl (C=O) groups excluding carboxylic acids is 1. The van der Waals surface area contributed by atoms with Crippen molar-refractivity contribution in [2.24, 2.45) is 10.8 Å². The Bertz CT molecular complexity index is 763. The third-order valence-corrected chi connectivity index (χ3v) is 6.11. The number of rotatable bonds is 6. The first-order valence-electron chi connectivity index (χ1n) is 10.7. The van der Waals surface area contributed by atoms with Gasteiger partial charge in [-0.3, -0.25) is 4.79 Å². The van der Waals surface area contributed by atoms with Crippen LogP contribution in [-0.4, -0.2) is 49.2 Å². The number of hydrogen-bond donors (Lipinski definition) is 1. The number of anilines is 1. The van der Waals surface area contributed by atoms with Gasteiger partial charge in [0.05, 0.1) is 24.2 Å². The van der Waals surface area contributed by atoms with Gasteiger partial charge in [-0.2, -0.15) is 13.2 Å². The van der Waals surface area contributed by atoms with Crippen LogP contribution in [0.4, 0.5) is 18.9 Å². The number of benzene rings is 1. The molecule has 3 rings (SSSR count). The topological polar surface area (TPSA) is 59.0 Å². The summed E-state index contributed by atoms with van der Waals surface area (Å²) in [7, 11) is 0. The molecule has 1 aliphatic heterocycles. The van der Waals surface area contributed by atoms with Crippen LogP contribution in [0.1, 0.15) is 52.9 Å². The summed E-state index contributed by atoms with van der Waals surface area (Å²) in [5.41, 5.74) is -0.708. The van der Waals surface area contributed by atoms with Gasteiger partial charge in [-0.05, 0) is 61.8 Å². The molecular formula is C23H32F3NO4. The molecule has 1 heterocycles. The monoisotopic (exact) mass is 443 g/mol. The van der Waals surface area contributed by atoms with Crippen molar-refractivity contribution in [2.45, 2.75) is 64.7 Å². The molecule has 1 saturated heterocycles. The molecule has 31 heavy (non-hydrogen) atoms. The molecule has 0 radical (unpaired) electrons. The van der Waals surface area contributed by atoms with Crippen LogP contribution >= 0.6 is 0 Å². The highest BCUT2D eigenvalue weighted by Crippen LogP contribution is 2.48. The van der Waals surface area contributed by atoms with Gasteiger partial charge in [-0.25, -0.2) is 0 Å². The lowest BCUT2D eigenvalue weighted by molar-refractivity contribution is -0.153. The smallest absolute Gasteiger partial charge is 0.422 e. The lowest BCUT2D eigenvalue weighted by Gasteiger charge is -2.41. The number of hydrogen-bond acceptors (Lipinski definition) is 4. The van der Waals surface area contributed by atoms with Gasteiger partial charge in [0.2, 0.25) is 5.91 Å². The summed E-state index contributed by atoms with van der Waals surface area (Å²) < 4.78 is 47.3. The first-order chi connectivity index (χ1) is 14.3. The molecule has 1 aliphatic carbocycles. The molecule has 1 saturated carbocycles. The second-order valence-electron chi connectivity index (χ2n) is 10.2. The van der Waals surface area contributed by atoms with Gasteiger partial charge in [0.15, 0.2) is 6.61 Å². The van der Waals surface area contributed by atoms with E-state index in [2.05, 4.69) is 20.8 Å². The van der Waals surface area contributed by atoms with E-state index in [4.69, 9.17) is 9.47 Å². The lowest BCUT2D eigenvalue weighted by Crippen LogP contribution is -2.46. The molecule has 0 unspecified atom stereocenters. The molecule has 2 fully saturated rings. The fraction of sp³-hybridized carbons (Fsp3) is 0.696. The Morgan fingerprint density at radius 2 is 1.61 bits per heavy atom. The van der Waals surface area contributed by atoms with E-state index in [9.17, 15) is 23.1 Å². The van der Waals surface area contributed by atoms with Gasteiger partial charge in [0.25, 0.3) is 0 Å². The first-order valence-corrected chi connectivity index (χ1v) is 10.7. The minimum atomic E-state index is -4.39. The number of nitrogens with zero attached hydrogens (tertiary/aromatic N) is 1. The molecule has 174 valence electrons. The number of carbonyl (C=O) groups is 1. The van der Waals surface area contributed by atoms with Crippen LogP contribution in [0.15, 0.2) is 24.3 Å². The van der Waals surface area contributed by atoms with Crippen LogP contribution in [0.5, 0.6) is 5.75 Å². The van der Waals surface area contributed by atoms with E-state index in [0.717, 1.165) is 0 Å². The molecule has 0 atom stereocenters. The van der Waals surface area contributed by atoms with Gasteiger partial charge in [0, 0.05) is 12.2 Å². The third-order valence-electron chi connectivity index (χ3n) is 6.11. The van der Waals surface area contributed by atoms with E-state index in [-0.39, 0.29) is 23.7 Å². The van der Waals surface area contributed by atoms with E-state index < -0.39 is 23.8 Å². The van der Waals surface area contributed by atoms with E-state index in [1.165, 1.54) is 12.1 Å². The van der Waals surface area contributed by atoms with Crippen molar-refractivity contribution in [1.29, 1.82) is 0 Å². The van der Waals surface area contributed by atoms with Crippen molar-refractivity contribution in [3.05, 3.63) is 24.3 Å². The van der Waals surface area contributed by atoms with Crippen LogP contribution in [-0.2, 0) is 9.53 Å². The summed E-state index contributed by atoms with van der Waals surface area (Å²) in [5.74, 6) is 0.134. The number of aliphatic hydroxyl groups is 1. The molecule has 8 heteroatoms. The highest BCUT2D eigenvalue weighted by atomic mass is 19.4. The zero-order chi connectivity index (χ0) is 22.9. The Kier molecular flexibility index (Phi) is 6.63. The maximum absolute atomic E-state index is 13.2. The number of halogens is 3. The standard InChI is InChI=1S/C23H32F3NO4/c1-20(2,3)14-30-15-22(29)10-8-21(9-11-22)12-13-27(19(21)28)17-4-6-18(7-5-17)31-16-23(24,25)26/h4-7,29H,8-16H2,1-3H3/t21-,22+. The molecule has 0 bridgehead atoms. The van der Waals surface area contributed by atoms with Gasteiger partial charge in [-0.1, -0.05) is 20.8 Å². The Morgan fingerprint density at radius 1 is 1.00 bits per heavy atom. The van der Waals surface area contributed by atoms with E-state index in [1.54, 1.807) is 17.0 Å². The van der Waals surface area contributed by atoms with Crippen molar-refractivity contribution in [3.8, 4) is 5.75 Å². The van der Waals surface area contributed by atoms with Crippen LogP contribution in [0.3, 0.4) is 0 Å². The molecule has 1 spiro atoms. The van der Waals surface area contributed by atoms with Gasteiger partial charge in [0.1, 0.15) is 5.75 Å². The molecule has 1 aromatic rings. The SMILES string of the molecule is CC(C)(C)COC[C@]1(O)CC[C@]2(CCN(c3ccc(OCC(F)(F)F)cc3)C2=O)CC1. The third kappa shape index (κ3) is 6.13. The summed E-state index contributed by atoms with van der Waals surface area (Å²) >= 11 is 0. The minimum Gasteiger partial charge on any atom is -0.484 e. The minimum absolute atomic E-state index is 0.0223. The average Bonchev–Trinajstić information content (AvgIpc) is 2.98. The van der Waals surface area contributed by atoms with Gasteiger partial charge >= 0.3 is 6.18 Å². The Morgan fingerprint density at radius 3 is 2.16 bits per heavy atom. The molecule has 1 amide bonds. The maximum Gasteiger partial charge on any atom is 0.422 e. The number of amides is 1. The largest absolute Gasteiger partial charge is 0.484 e. The summed E-state index contributed by atoms with van der Waals surface area (Å²) in [6.07, 6.45) is -1.45. The van der Waals surface area contributed by atoms with Crippen molar-refractivity contribution in [1.82, 2.24) is 0 Å². The van der Waals surface area contributed by atoms with E-state index >= 15 is 0 Å². The summed E-state index contributed by atoms with van der Waals surface area (Å²) in [4.78, 5) is 14.9. The van der Waals surface area contributed by atoms with Crippen LogP contribution in [0.2, 0.25) is 0 Å². The molecule has 0 aromatic heterocycles. The van der Waals surface area contributed by atoms with E-state index in [1.807, 2.05) is 0 Å². The zero-order valence-electron chi connectivity index (χ0n) is 18.4. The Hall–Kier alpha value is -1.80. The number of ether oxygens (including phenoxy) is 2. The fourth-order valence-electron chi connectivity index (χ4n) is 4.30. The molecular weight excluding hydrogens is 411 g/mol. The van der Waals surface area contributed by atoms with Crippen LogP contribution < -0.4 is 9.64 Å². The second-order valence-corrected chi connectivity index (χ2v) is 10.2. The Labute approximate surface area is 181 Å². The summed E-state index contributed by atoms with van der Waals surface area (Å²) in [6, 6.07) is 6.13. The molecule has 5 nitrogen and oxygen atoms in total. The number of alkyl halides is 3. The molecule has 1 aromatic carbocycles. The van der Waals surface area contributed by atoms with Crippen molar-refractivity contribution in [2.75, 3.05) is 31.3 Å². The van der Waals surface area contributed by atoms with Gasteiger partial charge in [-0.15, -0.1) is 0 Å². The van der Waals surface area contributed by atoms with Crippen LogP contribution in [0.25, 0.3) is 0 Å². The van der Waals surface area contributed by atoms with Crippen molar-refractivity contribution >= 4 is 11.6 Å². The normalized spacial score (nSPS) is 27.2. The molecule has 2 aliphatic rings. The summed E-state index contributed by atoms with van der Waals surface area (Å²) in [6.45, 7) is 6.28. The average molecular weight is 444 g/mol. The first kappa shape index (κ1) is 23.9. The van der Waals surface area contributed by atoms with Crippen molar-refractivity contribution in [3.63, 3.8) is 0 Å². The molecule has 1 N–H and O–H groups in total. The van der Waals surface area contributed by atoms with Crippen LogP contribution in [0, 0.1) is 10.8 Å². The quantitative estimate of drug-likeness (QED) is 0.691.